The van der Waals surface area contributed by atoms with Gasteiger partial charge < -0.3 is 19.3 Å². The number of benzene rings is 1. The fraction of sp³-hybridized carbons (Fsp3) is 0.333. The smallest absolute Gasteiger partial charge is 0.189 e. The predicted octanol–water partition coefficient (Wildman–Crippen LogP) is 1.27. The third kappa shape index (κ3) is 1.29. The number of hydrogen-bond donors (Lipinski definition) is 1. The second-order valence-electron chi connectivity index (χ2n) is 2.70. The summed E-state index contributed by atoms with van der Waals surface area (Å²) in [4.78, 5) is 0. The highest BCUT2D eigenvalue weighted by molar-refractivity contribution is 5.52. The normalized spacial score (nSPS) is 14.5. The fourth-order valence-corrected chi connectivity index (χ4v) is 1.28. The van der Waals surface area contributed by atoms with E-state index in [1.54, 1.807) is 12.1 Å². The van der Waals surface area contributed by atoms with Gasteiger partial charge >= 0.3 is 0 Å². The van der Waals surface area contributed by atoms with Gasteiger partial charge in [-0.1, -0.05) is 0 Å². The molecule has 0 spiro atoms. The molecule has 0 amide bonds. The van der Waals surface area contributed by atoms with E-state index >= 15 is 0 Å². The maximum absolute atomic E-state index is 9.65. The molecule has 1 aliphatic rings. The van der Waals surface area contributed by atoms with E-state index in [9.17, 15) is 5.11 Å². The molecule has 13 heavy (non-hydrogen) atoms. The van der Waals surface area contributed by atoms with Crippen molar-refractivity contribution >= 4 is 0 Å². The first-order valence-corrected chi connectivity index (χ1v) is 3.92. The van der Waals surface area contributed by atoms with E-state index in [0.29, 0.717) is 23.7 Å². The highest BCUT2D eigenvalue weighted by atomic mass is 16.7. The van der Waals surface area contributed by atoms with Gasteiger partial charge in [-0.2, -0.15) is 0 Å². The zero-order valence-corrected chi connectivity index (χ0v) is 7.24. The molecule has 0 aliphatic carbocycles. The summed E-state index contributed by atoms with van der Waals surface area (Å²) in [6.45, 7) is 0.594. The molecule has 0 fully saturated rings. The molecule has 1 aromatic carbocycles. The number of methoxy groups -OCH3 is 1. The minimum atomic E-state index is 0.0969. The number of ether oxygens (including phenoxy) is 3. The van der Waals surface area contributed by atoms with E-state index in [1.807, 2.05) is 0 Å². The largest absolute Gasteiger partial charge is 0.504 e. The van der Waals surface area contributed by atoms with Crippen LogP contribution >= 0.6 is 0 Å². The van der Waals surface area contributed by atoms with Gasteiger partial charge in [0.2, 0.25) is 0 Å². The van der Waals surface area contributed by atoms with Crippen molar-refractivity contribution in [3.05, 3.63) is 17.7 Å². The minimum absolute atomic E-state index is 0.0969. The van der Waals surface area contributed by atoms with Gasteiger partial charge in [0.1, 0.15) is 5.75 Å². The number of aromatic hydroxyl groups is 1. The van der Waals surface area contributed by atoms with Crippen molar-refractivity contribution < 1.29 is 19.3 Å². The highest BCUT2D eigenvalue weighted by Gasteiger charge is 2.17. The summed E-state index contributed by atoms with van der Waals surface area (Å²) in [5.41, 5.74) is 0.644. The zero-order chi connectivity index (χ0) is 9.26. The Morgan fingerprint density at radius 1 is 1.46 bits per heavy atom. The molecular weight excluding hydrogens is 172 g/mol. The van der Waals surface area contributed by atoms with Crippen LogP contribution in [0.1, 0.15) is 5.56 Å². The van der Waals surface area contributed by atoms with Gasteiger partial charge in [-0.25, -0.2) is 0 Å². The fourth-order valence-electron chi connectivity index (χ4n) is 1.28. The van der Waals surface area contributed by atoms with Gasteiger partial charge in [-0.05, 0) is 12.1 Å². The number of hydrogen-bond acceptors (Lipinski definition) is 4. The van der Waals surface area contributed by atoms with Crippen molar-refractivity contribution in [2.24, 2.45) is 0 Å². The summed E-state index contributed by atoms with van der Waals surface area (Å²) in [5, 5.41) is 9.65. The average molecular weight is 182 g/mol. The van der Waals surface area contributed by atoms with Crippen LogP contribution in [0.2, 0.25) is 0 Å². The van der Waals surface area contributed by atoms with Gasteiger partial charge in [0.25, 0.3) is 0 Å². The molecule has 0 unspecified atom stereocenters. The second kappa shape index (κ2) is 3.14. The third-order valence-electron chi connectivity index (χ3n) is 1.97. The van der Waals surface area contributed by atoms with E-state index in [1.165, 1.54) is 7.11 Å². The number of phenols is 1. The molecule has 1 aromatic rings. The van der Waals surface area contributed by atoms with Crippen LogP contribution in [0, 0.1) is 0 Å². The number of phenolic OH excluding ortho intramolecular Hbond substituents is 1. The van der Waals surface area contributed by atoms with E-state index in [-0.39, 0.29) is 12.5 Å². The quantitative estimate of drug-likeness (QED) is 0.710. The molecule has 2 rings (SSSR count). The van der Waals surface area contributed by atoms with Crippen LogP contribution in [-0.4, -0.2) is 19.0 Å². The average Bonchev–Trinajstić information content (AvgIpc) is 2.19. The molecule has 1 N–H and O–H groups in total. The van der Waals surface area contributed by atoms with Crippen molar-refractivity contribution in [2.75, 3.05) is 13.9 Å². The monoisotopic (exact) mass is 182 g/mol. The van der Waals surface area contributed by atoms with Gasteiger partial charge in [0.15, 0.2) is 18.3 Å². The molecule has 70 valence electrons. The van der Waals surface area contributed by atoms with Crippen LogP contribution in [-0.2, 0) is 11.3 Å². The number of fused-ring (bicyclic) bond motifs is 1. The van der Waals surface area contributed by atoms with Crippen LogP contribution in [0.3, 0.4) is 0 Å². The maximum Gasteiger partial charge on any atom is 0.189 e. The third-order valence-corrected chi connectivity index (χ3v) is 1.97. The Morgan fingerprint density at radius 2 is 2.31 bits per heavy atom. The second-order valence-corrected chi connectivity index (χ2v) is 2.70. The van der Waals surface area contributed by atoms with Crippen molar-refractivity contribution in [3.8, 4) is 17.2 Å². The van der Waals surface area contributed by atoms with Crippen molar-refractivity contribution in [1.82, 2.24) is 0 Å². The molecule has 4 heteroatoms. The van der Waals surface area contributed by atoms with Crippen LogP contribution in [0.25, 0.3) is 0 Å². The molecule has 0 radical (unpaired) electrons. The maximum atomic E-state index is 9.65. The lowest BCUT2D eigenvalue weighted by Crippen LogP contribution is -2.11. The number of rotatable bonds is 1. The van der Waals surface area contributed by atoms with Gasteiger partial charge in [-0.3, -0.25) is 0 Å². The van der Waals surface area contributed by atoms with E-state index in [2.05, 4.69) is 0 Å². The van der Waals surface area contributed by atoms with Crippen molar-refractivity contribution in [3.63, 3.8) is 0 Å². The van der Waals surface area contributed by atoms with Crippen LogP contribution in [0.5, 0.6) is 17.2 Å². The lowest BCUT2D eigenvalue weighted by molar-refractivity contribution is -0.0176. The Balaban J connectivity index is 2.48. The minimum Gasteiger partial charge on any atom is -0.504 e. The Labute approximate surface area is 75.7 Å². The van der Waals surface area contributed by atoms with Crippen LogP contribution in [0.4, 0.5) is 0 Å². The molecule has 0 atom stereocenters. The highest BCUT2D eigenvalue weighted by Crippen LogP contribution is 2.38. The first-order valence-electron chi connectivity index (χ1n) is 3.92. The Kier molecular flexibility index (Phi) is 1.98. The lowest BCUT2D eigenvalue weighted by atomic mass is 10.1. The standard InChI is InChI=1S/C9H10O4/c1-11-8-3-2-7-6(9(8)10)4-12-5-13-7/h2-3,10H,4-5H2,1H3. The van der Waals surface area contributed by atoms with E-state index in [0.717, 1.165) is 0 Å². The summed E-state index contributed by atoms with van der Waals surface area (Å²) >= 11 is 0. The van der Waals surface area contributed by atoms with Crippen molar-refractivity contribution in [1.29, 1.82) is 0 Å². The Bertz CT molecular complexity index is 322. The molecule has 0 aromatic heterocycles. The SMILES string of the molecule is COc1ccc2c(c1O)COCO2. The van der Waals surface area contributed by atoms with Gasteiger partial charge in [0, 0.05) is 0 Å². The molecule has 4 nitrogen and oxygen atoms in total. The van der Waals surface area contributed by atoms with E-state index < -0.39 is 0 Å². The Morgan fingerprint density at radius 3 is 3.08 bits per heavy atom. The summed E-state index contributed by atoms with van der Waals surface area (Å²) in [5.74, 6) is 1.19. The molecule has 0 saturated carbocycles. The van der Waals surface area contributed by atoms with Crippen LogP contribution < -0.4 is 9.47 Å². The molecular formula is C9H10O4. The summed E-state index contributed by atoms with van der Waals surface area (Å²) in [6.07, 6.45) is 0. The van der Waals surface area contributed by atoms with Gasteiger partial charge in [-0.15, -0.1) is 0 Å². The summed E-state index contributed by atoms with van der Waals surface area (Å²) < 4.78 is 15.2. The Hall–Kier alpha value is -1.42. The zero-order valence-electron chi connectivity index (χ0n) is 7.24. The first kappa shape index (κ1) is 8.19. The lowest BCUT2D eigenvalue weighted by Gasteiger charge is -2.19. The molecule has 0 saturated heterocycles. The summed E-state index contributed by atoms with van der Waals surface area (Å²) in [6, 6.07) is 3.43. The summed E-state index contributed by atoms with van der Waals surface area (Å²) in [7, 11) is 1.51. The van der Waals surface area contributed by atoms with E-state index in [4.69, 9.17) is 14.2 Å². The van der Waals surface area contributed by atoms with Crippen molar-refractivity contribution in [2.45, 2.75) is 6.61 Å². The van der Waals surface area contributed by atoms with Crippen LogP contribution in [0.15, 0.2) is 12.1 Å². The predicted molar refractivity (Wildman–Crippen MR) is 44.9 cm³/mol. The first-order chi connectivity index (χ1) is 6.33. The topological polar surface area (TPSA) is 47.9 Å². The molecule has 0 bridgehead atoms. The van der Waals surface area contributed by atoms with Gasteiger partial charge in [0.05, 0.1) is 19.3 Å². The molecule has 1 aliphatic heterocycles. The molecule has 1 heterocycles.